The topological polar surface area (TPSA) is 35.6 Å². The summed E-state index contributed by atoms with van der Waals surface area (Å²) >= 11 is 0. The number of carbonyl (C=O) groups is 1. The molecule has 0 aromatic heterocycles. The van der Waals surface area contributed by atoms with Gasteiger partial charge < -0.3 is 10.2 Å². The number of benzene rings is 1. The van der Waals surface area contributed by atoms with Gasteiger partial charge in [-0.25, -0.2) is 0 Å². The highest BCUT2D eigenvalue weighted by Gasteiger charge is 2.25. The van der Waals surface area contributed by atoms with Gasteiger partial charge in [0, 0.05) is 19.0 Å². The van der Waals surface area contributed by atoms with Crippen LogP contribution >= 0.6 is 0 Å². The largest absolute Gasteiger partial charge is 0.356 e. The van der Waals surface area contributed by atoms with Gasteiger partial charge in [0.05, 0.1) is 0 Å². The van der Waals surface area contributed by atoms with Crippen LogP contribution in [0.4, 0.5) is 0 Å². The van der Waals surface area contributed by atoms with E-state index in [1.54, 1.807) is 0 Å². The third-order valence-electron chi connectivity index (χ3n) is 5.90. The highest BCUT2D eigenvalue weighted by molar-refractivity contribution is 5.78. The average Bonchev–Trinajstić information content (AvgIpc) is 2.65. The van der Waals surface area contributed by atoms with Crippen LogP contribution in [0, 0.1) is 11.8 Å². The first-order chi connectivity index (χ1) is 12.2. The molecule has 1 N–H and O–H groups in total. The Hall–Kier alpha value is -1.39. The molecule has 2 fully saturated rings. The van der Waals surface area contributed by atoms with Crippen LogP contribution in [0.2, 0.25) is 0 Å². The zero-order valence-corrected chi connectivity index (χ0v) is 15.6. The van der Waals surface area contributed by atoms with E-state index in [0.717, 1.165) is 51.4 Å². The van der Waals surface area contributed by atoms with Gasteiger partial charge in [-0.15, -0.1) is 0 Å². The summed E-state index contributed by atoms with van der Waals surface area (Å²) in [5.41, 5.74) is 1.36. The number of likely N-dealkylation sites (tertiary alicyclic amines) is 2. The molecule has 0 radical (unpaired) electrons. The monoisotopic (exact) mass is 343 g/mol. The molecule has 25 heavy (non-hydrogen) atoms. The summed E-state index contributed by atoms with van der Waals surface area (Å²) in [6.07, 6.45) is 5.70. The van der Waals surface area contributed by atoms with Gasteiger partial charge in [-0.3, -0.25) is 9.69 Å². The Morgan fingerprint density at radius 1 is 1.04 bits per heavy atom. The lowest BCUT2D eigenvalue weighted by Crippen LogP contribution is -2.41. The molecule has 0 aliphatic carbocycles. The van der Waals surface area contributed by atoms with Gasteiger partial charge in [-0.1, -0.05) is 30.3 Å². The molecule has 1 amide bonds. The fraction of sp³-hybridized carbons (Fsp3) is 0.667. The number of nitrogens with zero attached hydrogens (tertiary/aromatic N) is 2. The second kappa shape index (κ2) is 9.35. The molecule has 2 saturated heterocycles. The summed E-state index contributed by atoms with van der Waals surface area (Å²) in [7, 11) is 2.20. The molecule has 3 rings (SSSR count). The van der Waals surface area contributed by atoms with Gasteiger partial charge >= 0.3 is 0 Å². The van der Waals surface area contributed by atoms with Gasteiger partial charge in [0.15, 0.2) is 0 Å². The van der Waals surface area contributed by atoms with Crippen LogP contribution in [0.3, 0.4) is 0 Å². The number of hydrogen-bond acceptors (Lipinski definition) is 3. The third kappa shape index (κ3) is 5.82. The minimum Gasteiger partial charge on any atom is -0.356 e. The molecular weight excluding hydrogens is 310 g/mol. The van der Waals surface area contributed by atoms with Crippen molar-refractivity contribution in [2.24, 2.45) is 11.8 Å². The van der Waals surface area contributed by atoms with Crippen molar-refractivity contribution in [2.75, 3.05) is 39.8 Å². The molecule has 2 aliphatic rings. The number of carbonyl (C=O) groups excluding carboxylic acids is 1. The van der Waals surface area contributed by atoms with E-state index in [2.05, 4.69) is 52.5 Å². The van der Waals surface area contributed by atoms with Crippen LogP contribution in [0.5, 0.6) is 0 Å². The smallest absolute Gasteiger partial charge is 0.223 e. The molecular formula is C21H33N3O. The van der Waals surface area contributed by atoms with Crippen LogP contribution in [0.25, 0.3) is 0 Å². The maximum atomic E-state index is 12.4. The van der Waals surface area contributed by atoms with Crippen LogP contribution in [-0.2, 0) is 11.3 Å². The maximum Gasteiger partial charge on any atom is 0.223 e. The van der Waals surface area contributed by atoms with Crippen molar-refractivity contribution in [1.82, 2.24) is 15.1 Å². The van der Waals surface area contributed by atoms with Crippen LogP contribution in [0.15, 0.2) is 30.3 Å². The first-order valence-corrected chi connectivity index (χ1v) is 9.93. The predicted molar refractivity (Wildman–Crippen MR) is 102 cm³/mol. The van der Waals surface area contributed by atoms with Gasteiger partial charge in [-0.05, 0) is 76.8 Å². The Labute approximate surface area is 152 Å². The van der Waals surface area contributed by atoms with Crippen molar-refractivity contribution in [3.8, 4) is 0 Å². The van der Waals surface area contributed by atoms with E-state index in [1.807, 2.05) is 0 Å². The lowest BCUT2D eigenvalue weighted by atomic mass is 9.93. The minimum atomic E-state index is 0.213. The third-order valence-corrected chi connectivity index (χ3v) is 5.90. The van der Waals surface area contributed by atoms with Crippen molar-refractivity contribution in [1.29, 1.82) is 0 Å². The van der Waals surface area contributed by atoms with Crippen molar-refractivity contribution in [3.05, 3.63) is 35.9 Å². The number of hydrogen-bond donors (Lipinski definition) is 1. The Morgan fingerprint density at radius 3 is 2.40 bits per heavy atom. The summed E-state index contributed by atoms with van der Waals surface area (Å²) in [6.45, 7) is 6.34. The van der Waals surface area contributed by atoms with E-state index < -0.39 is 0 Å². The van der Waals surface area contributed by atoms with Crippen LogP contribution in [-0.4, -0.2) is 55.5 Å². The highest BCUT2D eigenvalue weighted by Crippen LogP contribution is 2.21. The maximum absolute atomic E-state index is 12.4. The summed E-state index contributed by atoms with van der Waals surface area (Å²) in [5.74, 6) is 1.29. The van der Waals surface area contributed by atoms with Crippen molar-refractivity contribution < 1.29 is 4.79 Å². The zero-order valence-electron chi connectivity index (χ0n) is 15.6. The zero-order chi connectivity index (χ0) is 17.5. The van der Waals surface area contributed by atoms with Crippen molar-refractivity contribution in [2.45, 2.75) is 38.6 Å². The molecule has 4 heteroatoms. The van der Waals surface area contributed by atoms with E-state index in [-0.39, 0.29) is 11.8 Å². The Kier molecular flexibility index (Phi) is 6.88. The molecule has 0 spiro atoms. The van der Waals surface area contributed by atoms with E-state index in [0.29, 0.717) is 0 Å². The summed E-state index contributed by atoms with van der Waals surface area (Å²) < 4.78 is 0. The SMILES string of the molecule is CN1CCC(CCNC(=O)C2CCN(Cc3ccccc3)CC2)CC1. The first kappa shape index (κ1) is 18.4. The highest BCUT2D eigenvalue weighted by atomic mass is 16.1. The Balaban J connectivity index is 1.31. The summed E-state index contributed by atoms with van der Waals surface area (Å²) in [5, 5.41) is 3.20. The van der Waals surface area contributed by atoms with E-state index in [4.69, 9.17) is 0 Å². The number of nitrogens with one attached hydrogen (secondary N) is 1. The van der Waals surface area contributed by atoms with Crippen LogP contribution in [0.1, 0.15) is 37.7 Å². The lowest BCUT2D eigenvalue weighted by Gasteiger charge is -2.32. The molecule has 0 saturated carbocycles. The molecule has 138 valence electrons. The number of piperidine rings is 2. The molecule has 0 atom stereocenters. The molecule has 0 unspecified atom stereocenters. The molecule has 0 bridgehead atoms. The van der Waals surface area contributed by atoms with Gasteiger partial charge in [0.25, 0.3) is 0 Å². The molecule has 2 aliphatic heterocycles. The fourth-order valence-corrected chi connectivity index (χ4v) is 4.09. The second-order valence-corrected chi connectivity index (χ2v) is 7.86. The first-order valence-electron chi connectivity index (χ1n) is 9.93. The average molecular weight is 344 g/mol. The van der Waals surface area contributed by atoms with Crippen LogP contribution < -0.4 is 5.32 Å². The fourth-order valence-electron chi connectivity index (χ4n) is 4.09. The summed E-state index contributed by atoms with van der Waals surface area (Å²) in [6, 6.07) is 10.6. The van der Waals surface area contributed by atoms with E-state index in [1.165, 1.54) is 31.5 Å². The quantitative estimate of drug-likeness (QED) is 0.863. The Morgan fingerprint density at radius 2 is 1.72 bits per heavy atom. The number of amides is 1. The Bertz CT molecular complexity index is 517. The van der Waals surface area contributed by atoms with E-state index >= 15 is 0 Å². The van der Waals surface area contributed by atoms with Gasteiger partial charge in [-0.2, -0.15) is 0 Å². The lowest BCUT2D eigenvalue weighted by molar-refractivity contribution is -0.126. The minimum absolute atomic E-state index is 0.213. The molecule has 1 aromatic rings. The van der Waals surface area contributed by atoms with Gasteiger partial charge in [0.2, 0.25) is 5.91 Å². The molecule has 4 nitrogen and oxygen atoms in total. The second-order valence-electron chi connectivity index (χ2n) is 7.86. The summed E-state index contributed by atoms with van der Waals surface area (Å²) in [4.78, 5) is 17.3. The molecule has 1 aromatic carbocycles. The predicted octanol–water partition coefficient (Wildman–Crippen LogP) is 2.75. The number of rotatable bonds is 6. The normalized spacial score (nSPS) is 21.3. The standard InChI is InChI=1S/C21H33N3O/c1-23-13-8-18(9-14-23)7-12-22-21(25)20-10-15-24(16-11-20)17-19-5-3-2-4-6-19/h2-6,18,20H,7-17H2,1H3,(H,22,25). The van der Waals surface area contributed by atoms with Crippen molar-refractivity contribution in [3.63, 3.8) is 0 Å². The van der Waals surface area contributed by atoms with E-state index in [9.17, 15) is 4.79 Å². The van der Waals surface area contributed by atoms with Crippen molar-refractivity contribution >= 4 is 5.91 Å². The van der Waals surface area contributed by atoms with Gasteiger partial charge in [0.1, 0.15) is 0 Å². The molecule has 2 heterocycles.